The van der Waals surface area contributed by atoms with Gasteiger partial charge in [-0.25, -0.2) is 0 Å². The second kappa shape index (κ2) is 17.9. The van der Waals surface area contributed by atoms with E-state index < -0.39 is 10.1 Å². The fourth-order valence-corrected chi connectivity index (χ4v) is 2.60. The van der Waals surface area contributed by atoms with Gasteiger partial charge in [-0.3, -0.25) is 9.35 Å². The van der Waals surface area contributed by atoms with Crippen molar-refractivity contribution in [3.8, 4) is 0 Å². The molecule has 0 aromatic rings. The summed E-state index contributed by atoms with van der Waals surface area (Å²) in [5.41, 5.74) is 0. The van der Waals surface area contributed by atoms with Gasteiger partial charge in [0.05, 0.1) is 12.4 Å². The van der Waals surface area contributed by atoms with Crippen molar-refractivity contribution in [2.75, 3.05) is 12.4 Å². The van der Waals surface area contributed by atoms with Crippen molar-refractivity contribution in [1.29, 1.82) is 0 Å². The molecule has 0 fully saturated rings. The zero-order chi connectivity index (χ0) is 17.4. The number of allylic oxidation sites excluding steroid dienone is 2. The molecule has 138 valence electrons. The average Bonchev–Trinajstić information content (AvgIpc) is 2.48. The van der Waals surface area contributed by atoms with Crippen LogP contribution >= 0.6 is 0 Å². The van der Waals surface area contributed by atoms with Gasteiger partial charge in [0.2, 0.25) is 0 Å². The van der Waals surface area contributed by atoms with Gasteiger partial charge >= 0.3 is 35.5 Å². The third kappa shape index (κ3) is 22.1. The van der Waals surface area contributed by atoms with E-state index in [4.69, 9.17) is 9.29 Å². The molecule has 0 saturated heterocycles. The number of carbonyl (C=O) groups excluding carboxylic acids is 1. The Kier molecular flexibility index (Phi) is 19.7. The Labute approximate surface area is 171 Å². The molecule has 0 aliphatic heterocycles. The van der Waals surface area contributed by atoms with Gasteiger partial charge < -0.3 is 6.16 Å². The Hall–Kier alpha value is 0.120. The number of unbranched alkanes of at least 4 members (excludes halogenated alkanes) is 7. The summed E-state index contributed by atoms with van der Waals surface area (Å²) >= 11 is 0. The molecule has 0 rings (SSSR count). The minimum Gasteiger partial charge on any atom is -1.00 e. The number of rotatable bonds is 15. The van der Waals surface area contributed by atoms with E-state index >= 15 is 0 Å². The zero-order valence-electron chi connectivity index (χ0n) is 16.3. The van der Waals surface area contributed by atoms with Crippen molar-refractivity contribution in [2.45, 2.75) is 77.6 Å². The number of hydrogen-bond donors (Lipinski definition) is 1. The van der Waals surface area contributed by atoms with Crippen LogP contribution in [0, 0.1) is 0 Å². The summed E-state index contributed by atoms with van der Waals surface area (Å²) in [5, 5.41) is 0. The zero-order valence-corrected chi connectivity index (χ0v) is 18.2. The van der Waals surface area contributed by atoms with E-state index in [-0.39, 0.29) is 55.7 Å². The van der Waals surface area contributed by atoms with Crippen molar-refractivity contribution in [3.63, 3.8) is 0 Å². The van der Waals surface area contributed by atoms with Crippen LogP contribution in [0.15, 0.2) is 12.2 Å². The van der Waals surface area contributed by atoms with Gasteiger partial charge in [-0.15, -0.1) is 0 Å². The van der Waals surface area contributed by atoms with Gasteiger partial charge in [-0.05, 0) is 32.1 Å². The molecule has 0 unspecified atom stereocenters. The molecule has 0 bridgehead atoms. The third-order valence-corrected chi connectivity index (χ3v) is 4.26. The maximum absolute atomic E-state index is 11.4. The maximum Gasteiger partial charge on any atom is 1.00 e. The van der Waals surface area contributed by atoms with E-state index in [0.29, 0.717) is 6.42 Å². The molecule has 0 heterocycles. The Bertz CT molecular complexity index is 427. The Morgan fingerprint density at radius 1 is 1.00 bits per heavy atom. The fourth-order valence-electron chi connectivity index (χ4n) is 2.12. The first-order valence-corrected chi connectivity index (χ1v) is 10.3. The minimum absolute atomic E-state index is 0. The molecule has 0 saturated carbocycles. The molecule has 0 aromatic heterocycles. The molecule has 7 heteroatoms. The Morgan fingerprint density at radius 2 is 1.58 bits per heavy atom. The average molecular weight is 373 g/mol. The van der Waals surface area contributed by atoms with Crippen LogP contribution in [0.2, 0.25) is 0 Å². The molecular weight excluding hydrogens is 339 g/mol. The van der Waals surface area contributed by atoms with Gasteiger partial charge in [-0.1, -0.05) is 51.2 Å². The first-order valence-electron chi connectivity index (χ1n) is 8.71. The molecule has 5 nitrogen and oxygen atoms in total. The molecule has 0 aliphatic carbocycles. The van der Waals surface area contributed by atoms with Crippen molar-refractivity contribution < 1.29 is 53.5 Å². The molecule has 0 aliphatic rings. The van der Waals surface area contributed by atoms with E-state index in [1.807, 2.05) is 0 Å². The fraction of sp³-hybridized carbons (Fsp3) is 0.824. The second-order valence-corrected chi connectivity index (χ2v) is 7.35. The Morgan fingerprint density at radius 3 is 2.21 bits per heavy atom. The van der Waals surface area contributed by atoms with Crippen LogP contribution in [0.25, 0.3) is 0 Å². The van der Waals surface area contributed by atoms with Crippen LogP contribution in [0.3, 0.4) is 0 Å². The smallest absolute Gasteiger partial charge is 1.00 e. The van der Waals surface area contributed by atoms with Crippen molar-refractivity contribution in [2.24, 2.45) is 0 Å². The summed E-state index contributed by atoms with van der Waals surface area (Å²) in [4.78, 5) is 11.4. The first-order chi connectivity index (χ1) is 11.0. The van der Waals surface area contributed by atoms with Crippen LogP contribution < -0.4 is 29.6 Å². The molecule has 0 aromatic carbocycles. The van der Waals surface area contributed by atoms with Crippen molar-refractivity contribution in [1.82, 2.24) is 0 Å². The minimum atomic E-state index is -3.96. The third-order valence-electron chi connectivity index (χ3n) is 3.45. The predicted molar refractivity (Wildman–Crippen MR) is 94.1 cm³/mol. The molecule has 24 heavy (non-hydrogen) atoms. The van der Waals surface area contributed by atoms with Crippen molar-refractivity contribution in [3.05, 3.63) is 12.2 Å². The standard InChI is InChI=1S/C17H32O5S.Na.H/c1-2-3-4-5-6-7-8-9-10-11-12-14-17(18)22-15-13-16-23(19,20)21;;/h5-6H,2-4,7-16H2,1H3,(H,19,20,21);;/q;+1;-1. The van der Waals surface area contributed by atoms with Gasteiger partial charge in [0.15, 0.2) is 0 Å². The summed E-state index contributed by atoms with van der Waals surface area (Å²) < 4.78 is 34.4. The maximum atomic E-state index is 11.4. The van der Waals surface area contributed by atoms with Gasteiger partial charge in [0.25, 0.3) is 10.1 Å². The van der Waals surface area contributed by atoms with E-state index in [1.165, 1.54) is 32.1 Å². The summed E-state index contributed by atoms with van der Waals surface area (Å²) in [6, 6.07) is 0. The van der Waals surface area contributed by atoms with Gasteiger partial charge in [-0.2, -0.15) is 8.42 Å². The molecule has 0 radical (unpaired) electrons. The predicted octanol–water partition coefficient (Wildman–Crippen LogP) is 1.40. The number of esters is 1. The SMILES string of the molecule is CCCCC=CCCCCCCCC(=O)OCCCS(=O)(=O)O.[H-].[Na+]. The van der Waals surface area contributed by atoms with Gasteiger partial charge in [0.1, 0.15) is 0 Å². The number of ether oxygens (including phenoxy) is 1. The molecule has 0 atom stereocenters. The molecular formula is C17H33NaO5S. The monoisotopic (exact) mass is 372 g/mol. The van der Waals surface area contributed by atoms with E-state index in [2.05, 4.69) is 19.1 Å². The van der Waals surface area contributed by atoms with Crippen LogP contribution in [0.4, 0.5) is 0 Å². The summed E-state index contributed by atoms with van der Waals surface area (Å²) in [7, 11) is -3.96. The molecule has 0 amide bonds. The van der Waals surface area contributed by atoms with Crippen molar-refractivity contribution >= 4 is 16.1 Å². The molecule has 0 spiro atoms. The number of carbonyl (C=O) groups is 1. The first kappa shape index (κ1) is 26.4. The van der Waals surface area contributed by atoms with Crippen LogP contribution in [0.5, 0.6) is 0 Å². The second-order valence-electron chi connectivity index (χ2n) is 5.78. The summed E-state index contributed by atoms with van der Waals surface area (Å²) in [5.74, 6) is -0.660. The van der Waals surface area contributed by atoms with E-state index in [0.717, 1.165) is 25.7 Å². The molecule has 1 N–H and O–H groups in total. The van der Waals surface area contributed by atoms with E-state index in [9.17, 15) is 13.2 Å². The Balaban J connectivity index is -0.00000242. The topological polar surface area (TPSA) is 80.7 Å². The van der Waals surface area contributed by atoms with Crippen LogP contribution in [-0.2, 0) is 19.6 Å². The number of hydrogen-bond acceptors (Lipinski definition) is 4. The summed E-state index contributed by atoms with van der Waals surface area (Å²) in [6.07, 6.45) is 15.2. The van der Waals surface area contributed by atoms with Gasteiger partial charge in [0, 0.05) is 6.42 Å². The largest absolute Gasteiger partial charge is 1.00 e. The van der Waals surface area contributed by atoms with Crippen LogP contribution in [0.1, 0.15) is 79.0 Å². The van der Waals surface area contributed by atoms with E-state index in [1.54, 1.807) is 0 Å². The normalized spacial score (nSPS) is 11.4. The quantitative estimate of drug-likeness (QED) is 0.155. The summed E-state index contributed by atoms with van der Waals surface area (Å²) in [6.45, 7) is 2.24. The van der Waals surface area contributed by atoms with Crippen LogP contribution in [-0.4, -0.2) is 31.3 Å².